The molecule has 2 atom stereocenters. The fourth-order valence-electron chi connectivity index (χ4n) is 2.69. The molecule has 2 unspecified atom stereocenters. The Bertz CT molecular complexity index is 281. The zero-order valence-corrected chi connectivity index (χ0v) is 7.82. The summed E-state index contributed by atoms with van der Waals surface area (Å²) in [4.78, 5) is 2.59. The molecule has 3 rings (SSSR count). The lowest BCUT2D eigenvalue weighted by molar-refractivity contribution is 0.571. The van der Waals surface area contributed by atoms with Crippen LogP contribution in [0.5, 0.6) is 0 Å². The molecule has 0 radical (unpaired) electrons. The number of hydrogen-bond donors (Lipinski definition) is 0. The number of benzene rings is 1. The average Bonchev–Trinajstić information content (AvgIpc) is 2.93. The van der Waals surface area contributed by atoms with Gasteiger partial charge in [0.15, 0.2) is 0 Å². The van der Waals surface area contributed by atoms with E-state index in [1.165, 1.54) is 31.4 Å². The van der Waals surface area contributed by atoms with Crippen molar-refractivity contribution < 1.29 is 0 Å². The van der Waals surface area contributed by atoms with Gasteiger partial charge in [0.25, 0.3) is 0 Å². The molecule has 1 heteroatoms. The van der Waals surface area contributed by atoms with Crippen molar-refractivity contribution in [2.24, 2.45) is 0 Å². The van der Waals surface area contributed by atoms with Gasteiger partial charge < -0.3 is 4.90 Å². The van der Waals surface area contributed by atoms with Gasteiger partial charge in [-0.25, -0.2) is 0 Å². The highest BCUT2D eigenvalue weighted by Gasteiger charge is 2.47. The van der Waals surface area contributed by atoms with Crippen LogP contribution < -0.4 is 4.90 Å². The minimum Gasteiger partial charge on any atom is -0.361 e. The lowest BCUT2D eigenvalue weighted by atomic mass is 10.0. The smallest absolute Gasteiger partial charge is 0.0497 e. The Hall–Kier alpha value is -0.980. The Morgan fingerprint density at radius 2 is 1.54 bits per heavy atom. The fourth-order valence-corrected chi connectivity index (χ4v) is 2.69. The van der Waals surface area contributed by atoms with Gasteiger partial charge in [-0.1, -0.05) is 31.0 Å². The predicted octanol–water partition coefficient (Wildman–Crippen LogP) is 2.82. The summed E-state index contributed by atoms with van der Waals surface area (Å²) in [7, 11) is 0. The van der Waals surface area contributed by atoms with Crippen molar-refractivity contribution in [3.05, 3.63) is 30.3 Å². The summed E-state index contributed by atoms with van der Waals surface area (Å²) in [5.74, 6) is 0. The molecule has 13 heavy (non-hydrogen) atoms. The summed E-state index contributed by atoms with van der Waals surface area (Å²) in [6.45, 7) is 0. The second-order valence-corrected chi connectivity index (χ2v) is 4.16. The maximum Gasteiger partial charge on any atom is 0.0497 e. The molecule has 0 bridgehead atoms. The molecule has 0 aromatic heterocycles. The third kappa shape index (κ3) is 1.14. The third-order valence-corrected chi connectivity index (χ3v) is 3.37. The van der Waals surface area contributed by atoms with Gasteiger partial charge in [-0.15, -0.1) is 0 Å². The van der Waals surface area contributed by atoms with Crippen LogP contribution in [-0.4, -0.2) is 12.1 Å². The summed E-state index contributed by atoms with van der Waals surface area (Å²) >= 11 is 0. The number of rotatable bonds is 1. The lowest BCUT2D eigenvalue weighted by Gasteiger charge is -2.03. The first-order valence-corrected chi connectivity index (χ1v) is 5.30. The topological polar surface area (TPSA) is 3.01 Å². The minimum atomic E-state index is 0.885. The Kier molecular flexibility index (Phi) is 1.58. The van der Waals surface area contributed by atoms with Gasteiger partial charge in [-0.05, 0) is 25.0 Å². The maximum absolute atomic E-state index is 2.59. The highest BCUT2D eigenvalue weighted by atomic mass is 15.4. The van der Waals surface area contributed by atoms with Crippen molar-refractivity contribution in [2.75, 3.05) is 4.90 Å². The van der Waals surface area contributed by atoms with Gasteiger partial charge in [0.05, 0.1) is 0 Å². The molecule has 1 saturated heterocycles. The van der Waals surface area contributed by atoms with Crippen LogP contribution in [0.3, 0.4) is 0 Å². The Balaban J connectivity index is 1.82. The molecule has 0 amide bonds. The molecule has 1 aliphatic heterocycles. The summed E-state index contributed by atoms with van der Waals surface area (Å²) in [6.07, 6.45) is 5.70. The molecular weight excluding hydrogens is 158 g/mol. The van der Waals surface area contributed by atoms with E-state index in [4.69, 9.17) is 0 Å². The number of anilines is 1. The largest absolute Gasteiger partial charge is 0.361 e. The van der Waals surface area contributed by atoms with Crippen molar-refractivity contribution in [3.8, 4) is 0 Å². The molecule has 68 valence electrons. The van der Waals surface area contributed by atoms with E-state index in [-0.39, 0.29) is 0 Å². The quantitative estimate of drug-likeness (QED) is 0.590. The van der Waals surface area contributed by atoms with E-state index in [0.29, 0.717) is 0 Å². The molecule has 2 aliphatic rings. The Labute approximate surface area is 79.4 Å². The van der Waals surface area contributed by atoms with E-state index >= 15 is 0 Å². The van der Waals surface area contributed by atoms with Crippen LogP contribution in [-0.2, 0) is 0 Å². The second-order valence-electron chi connectivity index (χ2n) is 4.16. The molecule has 1 saturated carbocycles. The molecule has 1 aliphatic carbocycles. The highest BCUT2D eigenvalue weighted by molar-refractivity contribution is 5.56. The predicted molar refractivity (Wildman–Crippen MR) is 55.0 cm³/mol. The van der Waals surface area contributed by atoms with Crippen LogP contribution in [0.2, 0.25) is 0 Å². The van der Waals surface area contributed by atoms with E-state index in [9.17, 15) is 0 Å². The number of hydrogen-bond acceptors (Lipinski definition) is 1. The zero-order chi connectivity index (χ0) is 8.67. The standard InChI is InChI=1S/C12H15N/c1-2-6-10(7-3-1)13-11-8-4-5-9-12(11)13/h1-3,6-7,11-12H,4-5,8-9H2. The molecule has 1 aromatic carbocycles. The number of para-hydroxylation sites is 1. The van der Waals surface area contributed by atoms with Crippen molar-refractivity contribution >= 4 is 5.69 Å². The first-order valence-electron chi connectivity index (χ1n) is 5.30. The van der Waals surface area contributed by atoms with Crippen LogP contribution >= 0.6 is 0 Å². The van der Waals surface area contributed by atoms with E-state index in [0.717, 1.165) is 12.1 Å². The van der Waals surface area contributed by atoms with Gasteiger partial charge >= 0.3 is 0 Å². The monoisotopic (exact) mass is 173 g/mol. The van der Waals surface area contributed by atoms with Gasteiger partial charge in [-0.2, -0.15) is 0 Å². The number of nitrogens with zero attached hydrogens (tertiary/aromatic N) is 1. The normalized spacial score (nSPS) is 31.2. The summed E-state index contributed by atoms with van der Waals surface area (Å²) < 4.78 is 0. The van der Waals surface area contributed by atoms with Crippen molar-refractivity contribution in [1.29, 1.82) is 0 Å². The minimum absolute atomic E-state index is 0.885. The highest BCUT2D eigenvalue weighted by Crippen LogP contribution is 2.43. The maximum atomic E-state index is 2.59. The van der Waals surface area contributed by atoms with E-state index < -0.39 is 0 Å². The molecule has 0 spiro atoms. The zero-order valence-electron chi connectivity index (χ0n) is 7.82. The Morgan fingerprint density at radius 3 is 2.15 bits per heavy atom. The van der Waals surface area contributed by atoms with E-state index in [2.05, 4.69) is 35.2 Å². The van der Waals surface area contributed by atoms with Gasteiger partial charge in [0.1, 0.15) is 0 Å². The summed E-state index contributed by atoms with van der Waals surface area (Å²) in [5, 5.41) is 0. The van der Waals surface area contributed by atoms with Gasteiger partial charge in [-0.3, -0.25) is 0 Å². The van der Waals surface area contributed by atoms with Crippen LogP contribution in [0.1, 0.15) is 25.7 Å². The molecule has 0 N–H and O–H groups in total. The van der Waals surface area contributed by atoms with Crippen LogP contribution in [0.25, 0.3) is 0 Å². The van der Waals surface area contributed by atoms with E-state index in [1.807, 2.05) is 0 Å². The SMILES string of the molecule is c1ccc(N2C3CCCCC32)cc1. The first-order chi connectivity index (χ1) is 6.47. The lowest BCUT2D eigenvalue weighted by Crippen LogP contribution is -2.00. The van der Waals surface area contributed by atoms with Crippen LogP contribution in [0.4, 0.5) is 5.69 Å². The van der Waals surface area contributed by atoms with E-state index in [1.54, 1.807) is 0 Å². The van der Waals surface area contributed by atoms with Gasteiger partial charge in [0, 0.05) is 17.8 Å². The third-order valence-electron chi connectivity index (χ3n) is 3.37. The fraction of sp³-hybridized carbons (Fsp3) is 0.500. The molecule has 2 fully saturated rings. The van der Waals surface area contributed by atoms with Crippen LogP contribution in [0.15, 0.2) is 30.3 Å². The molecule has 1 heterocycles. The summed E-state index contributed by atoms with van der Waals surface area (Å²) in [5.41, 5.74) is 1.43. The molecule has 1 aromatic rings. The number of fused-ring (bicyclic) bond motifs is 1. The second kappa shape index (κ2) is 2.76. The average molecular weight is 173 g/mol. The van der Waals surface area contributed by atoms with Crippen molar-refractivity contribution in [1.82, 2.24) is 0 Å². The molecular formula is C12H15N. The Morgan fingerprint density at radius 1 is 0.923 bits per heavy atom. The first kappa shape index (κ1) is 7.43. The van der Waals surface area contributed by atoms with Crippen LogP contribution in [0, 0.1) is 0 Å². The van der Waals surface area contributed by atoms with Gasteiger partial charge in [0.2, 0.25) is 0 Å². The van der Waals surface area contributed by atoms with Crippen molar-refractivity contribution in [3.63, 3.8) is 0 Å². The molecule has 1 nitrogen and oxygen atoms in total. The summed E-state index contributed by atoms with van der Waals surface area (Å²) in [6, 6.07) is 12.6. The van der Waals surface area contributed by atoms with Crippen molar-refractivity contribution in [2.45, 2.75) is 37.8 Å².